The number of hydrogen-bond acceptors (Lipinski definition) is 5. The molecule has 2 amide bonds. The minimum Gasteiger partial charge on any atom is -0.480 e. The van der Waals surface area contributed by atoms with Crippen molar-refractivity contribution in [2.75, 3.05) is 27.2 Å². The van der Waals surface area contributed by atoms with Crippen molar-refractivity contribution >= 4 is 18.0 Å². The van der Waals surface area contributed by atoms with Gasteiger partial charge in [0.1, 0.15) is 12.6 Å². The van der Waals surface area contributed by atoms with E-state index in [9.17, 15) is 19.5 Å². The Hall–Kier alpha value is -3.39. The van der Waals surface area contributed by atoms with E-state index in [1.807, 2.05) is 38.1 Å². The normalized spacial score (nSPS) is 15.2. The van der Waals surface area contributed by atoms with Crippen molar-refractivity contribution in [2.45, 2.75) is 38.8 Å². The summed E-state index contributed by atoms with van der Waals surface area (Å²) in [6.07, 6.45) is -0.610. The van der Waals surface area contributed by atoms with Gasteiger partial charge in [-0.3, -0.25) is 4.79 Å². The summed E-state index contributed by atoms with van der Waals surface area (Å²) < 4.78 is 5.61. The van der Waals surface area contributed by atoms with Gasteiger partial charge < -0.3 is 25.4 Å². The third-order valence-electron chi connectivity index (χ3n) is 6.41. The third kappa shape index (κ3) is 6.19. The molecule has 0 saturated heterocycles. The van der Waals surface area contributed by atoms with Crippen molar-refractivity contribution in [3.05, 3.63) is 59.7 Å². The highest BCUT2D eigenvalue weighted by Gasteiger charge is 2.33. The van der Waals surface area contributed by atoms with Gasteiger partial charge in [-0.1, -0.05) is 62.4 Å². The number of fused-ring (bicyclic) bond motifs is 3. The van der Waals surface area contributed by atoms with Crippen LogP contribution in [0, 0.1) is 11.8 Å². The molecule has 3 N–H and O–H groups in total. The van der Waals surface area contributed by atoms with Crippen LogP contribution in [0.1, 0.15) is 37.8 Å². The number of amides is 2. The van der Waals surface area contributed by atoms with Gasteiger partial charge in [-0.05, 0) is 49.2 Å². The molecule has 0 spiro atoms. The molecule has 0 radical (unpaired) electrons. The van der Waals surface area contributed by atoms with Crippen LogP contribution in [0.4, 0.5) is 4.79 Å². The number of alkyl carbamates (subject to hydrolysis) is 1. The first-order valence-electron chi connectivity index (χ1n) is 11.9. The molecule has 0 aliphatic heterocycles. The average Bonchev–Trinajstić information content (AvgIpc) is 3.10. The Kier molecular flexibility index (Phi) is 8.51. The van der Waals surface area contributed by atoms with E-state index in [0.717, 1.165) is 22.3 Å². The predicted octanol–water partition coefficient (Wildman–Crippen LogP) is 3.32. The van der Waals surface area contributed by atoms with Gasteiger partial charge in [-0.2, -0.15) is 0 Å². The zero-order chi connectivity index (χ0) is 25.7. The first kappa shape index (κ1) is 26.2. The number of ether oxygens (including phenoxy) is 1. The van der Waals surface area contributed by atoms with E-state index in [2.05, 4.69) is 34.9 Å². The number of hydrogen-bond donors (Lipinski definition) is 3. The maximum absolute atomic E-state index is 13.0. The van der Waals surface area contributed by atoms with Crippen LogP contribution in [0.3, 0.4) is 0 Å². The molecule has 2 unspecified atom stereocenters. The molecule has 3 atom stereocenters. The number of carboxylic acid groups (broad SMARTS) is 1. The highest BCUT2D eigenvalue weighted by molar-refractivity contribution is 5.86. The third-order valence-corrected chi connectivity index (χ3v) is 6.41. The number of carboxylic acids is 1. The number of carbonyl (C=O) groups excluding carboxylic acids is 2. The van der Waals surface area contributed by atoms with Crippen LogP contribution in [0.5, 0.6) is 0 Å². The molecule has 1 aliphatic carbocycles. The molecular formula is C27H35N3O5. The smallest absolute Gasteiger partial charge is 0.407 e. The Morgan fingerprint density at radius 1 is 0.943 bits per heavy atom. The second kappa shape index (κ2) is 11.4. The Labute approximate surface area is 206 Å². The molecule has 1 aliphatic rings. The molecule has 188 valence electrons. The lowest BCUT2D eigenvalue weighted by Crippen LogP contribution is -2.53. The summed E-state index contributed by atoms with van der Waals surface area (Å²) in [7, 11) is 3.48. The van der Waals surface area contributed by atoms with E-state index in [4.69, 9.17) is 4.74 Å². The molecule has 35 heavy (non-hydrogen) atoms. The van der Waals surface area contributed by atoms with Crippen LogP contribution in [0.25, 0.3) is 11.1 Å². The molecule has 0 heterocycles. The fraction of sp³-hybridized carbons (Fsp3) is 0.444. The number of nitrogens with zero attached hydrogens (tertiary/aromatic N) is 1. The summed E-state index contributed by atoms with van der Waals surface area (Å²) in [6, 6.07) is 14.6. The zero-order valence-corrected chi connectivity index (χ0v) is 20.9. The molecule has 0 saturated carbocycles. The van der Waals surface area contributed by atoms with Crippen molar-refractivity contribution in [3.63, 3.8) is 0 Å². The Bertz CT molecular complexity index is 1020. The van der Waals surface area contributed by atoms with Crippen LogP contribution >= 0.6 is 0 Å². The molecule has 0 fully saturated rings. The second-order valence-corrected chi connectivity index (χ2v) is 9.69. The number of carbonyl (C=O) groups is 3. The van der Waals surface area contributed by atoms with Gasteiger partial charge >= 0.3 is 12.1 Å². The topological polar surface area (TPSA) is 108 Å². The van der Waals surface area contributed by atoms with E-state index in [0.29, 0.717) is 0 Å². The van der Waals surface area contributed by atoms with E-state index < -0.39 is 36.0 Å². The number of aliphatic carboxylic acids is 1. The van der Waals surface area contributed by atoms with Gasteiger partial charge in [0, 0.05) is 18.5 Å². The predicted molar refractivity (Wildman–Crippen MR) is 134 cm³/mol. The van der Waals surface area contributed by atoms with Crippen LogP contribution in [-0.2, 0) is 14.3 Å². The number of nitrogens with one attached hydrogen (secondary N) is 2. The zero-order valence-electron chi connectivity index (χ0n) is 20.9. The van der Waals surface area contributed by atoms with E-state index in [-0.39, 0.29) is 25.0 Å². The highest BCUT2D eigenvalue weighted by atomic mass is 16.5. The van der Waals surface area contributed by atoms with Crippen LogP contribution in [0.2, 0.25) is 0 Å². The maximum Gasteiger partial charge on any atom is 0.407 e. The van der Waals surface area contributed by atoms with Crippen molar-refractivity contribution in [1.82, 2.24) is 15.5 Å². The van der Waals surface area contributed by atoms with Crippen molar-refractivity contribution in [3.8, 4) is 11.1 Å². The molecule has 0 aromatic heterocycles. The van der Waals surface area contributed by atoms with Crippen molar-refractivity contribution in [2.24, 2.45) is 11.8 Å². The van der Waals surface area contributed by atoms with Gasteiger partial charge in [0.25, 0.3) is 0 Å². The highest BCUT2D eigenvalue weighted by Crippen LogP contribution is 2.44. The molecule has 3 rings (SSSR count). The standard InChI is InChI=1S/C27H35N3O5/c1-16(2)24(25(31)29-23(26(32)33)14-30(4)5)17(3)28-27(34)35-15-22-20-12-8-6-10-18(20)19-11-7-9-13-21(19)22/h6-13,16-17,22-24H,14-15H2,1-5H3,(H,28,34)(H,29,31)(H,32,33)/t17?,23-,24?/m0/s1. The Morgan fingerprint density at radius 3 is 1.97 bits per heavy atom. The molecule has 0 bridgehead atoms. The van der Waals surface area contributed by atoms with Gasteiger partial charge in [-0.25, -0.2) is 9.59 Å². The summed E-state index contributed by atoms with van der Waals surface area (Å²) in [5.74, 6) is -2.34. The fourth-order valence-corrected chi connectivity index (χ4v) is 4.84. The number of rotatable bonds is 10. The lowest BCUT2D eigenvalue weighted by molar-refractivity contribution is -0.143. The summed E-state index contributed by atoms with van der Waals surface area (Å²) in [6.45, 7) is 5.80. The fourth-order valence-electron chi connectivity index (χ4n) is 4.84. The summed E-state index contributed by atoms with van der Waals surface area (Å²) in [5, 5.41) is 14.8. The molecule has 8 heteroatoms. The number of likely N-dealkylation sites (N-methyl/N-ethyl adjacent to an activating group) is 1. The van der Waals surface area contributed by atoms with Gasteiger partial charge in [0.05, 0.1) is 5.92 Å². The quantitative estimate of drug-likeness (QED) is 0.481. The second-order valence-electron chi connectivity index (χ2n) is 9.69. The molecule has 2 aromatic carbocycles. The Morgan fingerprint density at radius 2 is 1.49 bits per heavy atom. The van der Waals surface area contributed by atoms with Crippen LogP contribution in [0.15, 0.2) is 48.5 Å². The average molecular weight is 482 g/mol. The monoisotopic (exact) mass is 481 g/mol. The minimum atomic E-state index is -1.10. The van der Waals surface area contributed by atoms with Crippen LogP contribution < -0.4 is 10.6 Å². The van der Waals surface area contributed by atoms with Crippen LogP contribution in [-0.4, -0.2) is 67.3 Å². The lowest BCUT2D eigenvalue weighted by atomic mass is 9.88. The summed E-state index contributed by atoms with van der Waals surface area (Å²) in [5.41, 5.74) is 4.53. The van der Waals surface area contributed by atoms with E-state index in [1.54, 1.807) is 25.9 Å². The summed E-state index contributed by atoms with van der Waals surface area (Å²) >= 11 is 0. The largest absolute Gasteiger partial charge is 0.480 e. The number of benzene rings is 2. The maximum atomic E-state index is 13.0. The molecular weight excluding hydrogens is 446 g/mol. The molecule has 2 aromatic rings. The first-order chi connectivity index (χ1) is 16.6. The van der Waals surface area contributed by atoms with Gasteiger partial charge in [0.15, 0.2) is 0 Å². The van der Waals surface area contributed by atoms with Gasteiger partial charge in [0.2, 0.25) is 5.91 Å². The van der Waals surface area contributed by atoms with Gasteiger partial charge in [-0.15, -0.1) is 0 Å². The van der Waals surface area contributed by atoms with E-state index in [1.165, 1.54) is 0 Å². The van der Waals surface area contributed by atoms with Crippen molar-refractivity contribution < 1.29 is 24.2 Å². The minimum absolute atomic E-state index is 0.0602. The van der Waals surface area contributed by atoms with E-state index >= 15 is 0 Å². The molecule has 8 nitrogen and oxygen atoms in total. The lowest BCUT2D eigenvalue weighted by Gasteiger charge is -2.29. The van der Waals surface area contributed by atoms with Crippen molar-refractivity contribution in [1.29, 1.82) is 0 Å². The Balaban J connectivity index is 1.63. The first-order valence-corrected chi connectivity index (χ1v) is 11.9. The summed E-state index contributed by atoms with van der Waals surface area (Å²) in [4.78, 5) is 38.9. The SMILES string of the molecule is CC(C)C(C(=O)N[C@@H](CN(C)C)C(=O)O)C(C)NC(=O)OCC1c2ccccc2-c2ccccc21.